The summed E-state index contributed by atoms with van der Waals surface area (Å²) in [5, 5.41) is 3.44. The monoisotopic (exact) mass is 239 g/mol. The Kier molecular flexibility index (Phi) is 4.61. The Morgan fingerprint density at radius 2 is 1.24 bits per heavy atom. The lowest BCUT2D eigenvalue weighted by atomic mass is 9.85. The number of hydrogen-bond donors (Lipinski definition) is 1. The van der Waals surface area contributed by atoms with Crippen LogP contribution in [0.5, 0.6) is 0 Å². The number of carbonyl (C=O) groups is 1. The molecule has 0 bridgehead atoms. The molecule has 0 spiro atoms. The molecule has 0 aromatic heterocycles. The molecule has 0 unspecified atom stereocenters. The Morgan fingerprint density at radius 1 is 0.824 bits per heavy atom. The van der Waals surface area contributed by atoms with Gasteiger partial charge in [0.1, 0.15) is 0 Å². The van der Waals surface area contributed by atoms with Crippen molar-refractivity contribution in [2.75, 3.05) is 0 Å². The largest absolute Gasteiger partial charge is 0.383 e. The fourth-order valence-corrected chi connectivity index (χ4v) is 1.19. The molecular weight excluding hydrogens is 210 g/mol. The third kappa shape index (κ3) is 6.50. The minimum Gasteiger partial charge on any atom is -0.383 e. The Hall–Kier alpha value is -0.790. The number of hydrogen-bond acceptors (Lipinski definition) is 2. The van der Waals surface area contributed by atoms with E-state index in [0.29, 0.717) is 0 Å². The van der Waals surface area contributed by atoms with Gasteiger partial charge in [-0.25, -0.2) is 0 Å². The van der Waals surface area contributed by atoms with E-state index in [0.717, 1.165) is 5.70 Å². The highest BCUT2D eigenvalue weighted by Gasteiger charge is 2.26. The van der Waals surface area contributed by atoms with Crippen LogP contribution in [0.3, 0.4) is 0 Å². The Bertz CT molecular complexity index is 305. The van der Waals surface area contributed by atoms with Crippen molar-refractivity contribution in [1.82, 2.24) is 5.32 Å². The summed E-state index contributed by atoms with van der Waals surface area (Å²) in [6, 6.07) is 0. The summed E-state index contributed by atoms with van der Waals surface area (Å²) in [6.07, 6.45) is 1.77. The fourth-order valence-electron chi connectivity index (χ4n) is 1.19. The van der Waals surface area contributed by atoms with E-state index in [4.69, 9.17) is 0 Å². The summed E-state index contributed by atoms with van der Waals surface area (Å²) in [5.74, 6) is 0.166. The molecule has 1 N–H and O–H groups in total. The SMILES string of the molecule is CC(C)(C)N/C(=C\C(=O)C(C)(C)C)C(C)(C)C. The highest BCUT2D eigenvalue weighted by Crippen LogP contribution is 2.27. The first-order valence-corrected chi connectivity index (χ1v) is 6.28. The molecule has 0 amide bonds. The van der Waals surface area contributed by atoms with Gasteiger partial charge in [0.15, 0.2) is 5.78 Å². The van der Waals surface area contributed by atoms with E-state index in [1.54, 1.807) is 6.08 Å². The van der Waals surface area contributed by atoms with Crippen LogP contribution in [0.1, 0.15) is 62.3 Å². The average Bonchev–Trinajstić information content (AvgIpc) is 1.96. The van der Waals surface area contributed by atoms with E-state index in [2.05, 4.69) is 46.9 Å². The third-order valence-electron chi connectivity index (χ3n) is 2.33. The second kappa shape index (κ2) is 4.83. The molecule has 0 rings (SSSR count). The molecule has 0 heterocycles. The van der Waals surface area contributed by atoms with Gasteiger partial charge in [-0.05, 0) is 20.8 Å². The zero-order valence-electron chi connectivity index (χ0n) is 13.0. The summed E-state index contributed by atoms with van der Waals surface area (Å²) >= 11 is 0. The van der Waals surface area contributed by atoms with Crippen molar-refractivity contribution in [2.45, 2.75) is 67.9 Å². The van der Waals surface area contributed by atoms with Gasteiger partial charge in [-0.3, -0.25) is 4.79 Å². The van der Waals surface area contributed by atoms with Gasteiger partial charge in [0, 0.05) is 28.1 Å². The molecule has 2 nitrogen and oxygen atoms in total. The van der Waals surface area contributed by atoms with Gasteiger partial charge < -0.3 is 5.32 Å². The van der Waals surface area contributed by atoms with Crippen molar-refractivity contribution in [3.8, 4) is 0 Å². The van der Waals surface area contributed by atoms with Crippen LogP contribution in [0.4, 0.5) is 0 Å². The third-order valence-corrected chi connectivity index (χ3v) is 2.33. The topological polar surface area (TPSA) is 29.1 Å². The van der Waals surface area contributed by atoms with E-state index < -0.39 is 0 Å². The minimum absolute atomic E-state index is 0.0305. The fraction of sp³-hybridized carbons (Fsp3) is 0.800. The molecule has 0 aromatic rings. The van der Waals surface area contributed by atoms with Gasteiger partial charge in [-0.15, -0.1) is 0 Å². The van der Waals surface area contributed by atoms with E-state index in [-0.39, 0.29) is 22.2 Å². The molecule has 0 aliphatic carbocycles. The van der Waals surface area contributed by atoms with Crippen molar-refractivity contribution in [3.63, 3.8) is 0 Å². The second-order valence-electron chi connectivity index (χ2n) is 7.80. The zero-order valence-corrected chi connectivity index (χ0v) is 13.0. The van der Waals surface area contributed by atoms with Gasteiger partial charge in [0.2, 0.25) is 0 Å². The van der Waals surface area contributed by atoms with Crippen molar-refractivity contribution < 1.29 is 4.79 Å². The second-order valence-corrected chi connectivity index (χ2v) is 7.80. The maximum absolute atomic E-state index is 12.1. The van der Waals surface area contributed by atoms with Crippen molar-refractivity contribution >= 4 is 5.78 Å². The van der Waals surface area contributed by atoms with Gasteiger partial charge in [0.25, 0.3) is 0 Å². The molecule has 0 aromatic carbocycles. The van der Waals surface area contributed by atoms with Crippen LogP contribution in [-0.4, -0.2) is 11.3 Å². The van der Waals surface area contributed by atoms with Crippen molar-refractivity contribution in [2.24, 2.45) is 10.8 Å². The molecule has 0 aliphatic rings. The predicted molar refractivity (Wildman–Crippen MR) is 74.9 cm³/mol. The molecule has 0 saturated heterocycles. The van der Waals surface area contributed by atoms with Gasteiger partial charge in [0.05, 0.1) is 0 Å². The highest BCUT2D eigenvalue weighted by atomic mass is 16.1. The van der Waals surface area contributed by atoms with E-state index in [9.17, 15) is 4.79 Å². The normalized spacial score (nSPS) is 14.8. The Balaban J connectivity index is 5.23. The first-order chi connectivity index (χ1) is 7.23. The molecule has 0 saturated carbocycles. The van der Waals surface area contributed by atoms with Crippen LogP contribution < -0.4 is 5.32 Å². The van der Waals surface area contributed by atoms with Gasteiger partial charge in [-0.1, -0.05) is 41.5 Å². The lowest BCUT2D eigenvalue weighted by Gasteiger charge is -2.32. The molecule has 100 valence electrons. The number of carbonyl (C=O) groups excluding carboxylic acids is 1. The van der Waals surface area contributed by atoms with Crippen LogP contribution in [0.15, 0.2) is 11.8 Å². The number of allylic oxidation sites excluding steroid dienone is 2. The first-order valence-electron chi connectivity index (χ1n) is 6.28. The molecule has 0 fully saturated rings. The summed E-state index contributed by atoms with van der Waals surface area (Å²) in [5.41, 5.74) is 0.603. The summed E-state index contributed by atoms with van der Waals surface area (Å²) in [7, 11) is 0. The van der Waals surface area contributed by atoms with Crippen LogP contribution >= 0.6 is 0 Å². The van der Waals surface area contributed by atoms with Crippen molar-refractivity contribution in [1.29, 1.82) is 0 Å². The summed E-state index contributed by atoms with van der Waals surface area (Å²) in [6.45, 7) is 18.5. The van der Waals surface area contributed by atoms with Crippen LogP contribution in [0, 0.1) is 10.8 Å². The smallest absolute Gasteiger partial charge is 0.162 e. The highest BCUT2D eigenvalue weighted by molar-refractivity contribution is 5.94. The molecule has 0 aliphatic heterocycles. The molecule has 2 heteroatoms. The minimum atomic E-state index is -0.323. The standard InChI is InChI=1S/C15H29NO/c1-13(2,3)11(16-15(7,8)9)10-12(17)14(4,5)6/h10,16H,1-9H3/b11-10-. The number of nitrogens with one attached hydrogen (secondary N) is 1. The molecule has 17 heavy (non-hydrogen) atoms. The Morgan fingerprint density at radius 3 is 1.47 bits per heavy atom. The molecule has 0 radical (unpaired) electrons. The van der Waals surface area contributed by atoms with E-state index in [1.165, 1.54) is 0 Å². The maximum atomic E-state index is 12.1. The van der Waals surface area contributed by atoms with Crippen molar-refractivity contribution in [3.05, 3.63) is 11.8 Å². The lowest BCUT2D eigenvalue weighted by Crippen LogP contribution is -2.40. The Labute approximate surface area is 107 Å². The lowest BCUT2D eigenvalue weighted by molar-refractivity contribution is -0.121. The number of rotatable bonds is 2. The summed E-state index contributed by atoms with van der Waals surface area (Å²) in [4.78, 5) is 12.1. The molecular formula is C15H29NO. The maximum Gasteiger partial charge on any atom is 0.162 e. The van der Waals surface area contributed by atoms with Crippen LogP contribution in [-0.2, 0) is 4.79 Å². The van der Waals surface area contributed by atoms with Crippen LogP contribution in [0.25, 0.3) is 0 Å². The van der Waals surface area contributed by atoms with Crippen LogP contribution in [0.2, 0.25) is 0 Å². The van der Waals surface area contributed by atoms with E-state index in [1.807, 2.05) is 20.8 Å². The van der Waals surface area contributed by atoms with Gasteiger partial charge >= 0.3 is 0 Å². The summed E-state index contributed by atoms with van der Waals surface area (Å²) < 4.78 is 0. The molecule has 0 atom stereocenters. The zero-order chi connectivity index (χ0) is 14.1. The van der Waals surface area contributed by atoms with Gasteiger partial charge in [-0.2, -0.15) is 0 Å². The quantitative estimate of drug-likeness (QED) is 0.740. The average molecular weight is 239 g/mol. The first kappa shape index (κ1) is 16.2. The predicted octanol–water partition coefficient (Wildman–Crippen LogP) is 3.92. The van der Waals surface area contributed by atoms with E-state index >= 15 is 0 Å². The number of ketones is 1.